The maximum Gasteiger partial charge on any atom is 0.319 e. The van der Waals surface area contributed by atoms with Crippen LogP contribution >= 0.6 is 0 Å². The first-order chi connectivity index (χ1) is 11.1. The van der Waals surface area contributed by atoms with E-state index in [0.717, 1.165) is 5.52 Å². The average molecular weight is 333 g/mol. The second-order valence-electron chi connectivity index (χ2n) is 7.48. The lowest BCUT2D eigenvalue weighted by molar-refractivity contribution is 0.163. The molecule has 0 aliphatic heterocycles. The van der Waals surface area contributed by atoms with Crippen molar-refractivity contribution in [3.05, 3.63) is 24.1 Å². The molecule has 0 fully saturated rings. The van der Waals surface area contributed by atoms with Gasteiger partial charge in [0.2, 0.25) is 5.89 Å². The van der Waals surface area contributed by atoms with Gasteiger partial charge in [-0.2, -0.15) is 0 Å². The van der Waals surface area contributed by atoms with Crippen LogP contribution in [-0.4, -0.2) is 28.8 Å². The van der Waals surface area contributed by atoms with Crippen LogP contribution in [0.4, 0.5) is 10.5 Å². The number of fused-ring (bicyclic) bond motifs is 1. The zero-order valence-electron chi connectivity index (χ0n) is 15.0. The van der Waals surface area contributed by atoms with Crippen molar-refractivity contribution >= 4 is 22.8 Å². The maximum absolute atomic E-state index is 12.0. The number of aliphatic hydroxyl groups excluding tert-OH is 1. The van der Waals surface area contributed by atoms with Crippen LogP contribution < -0.4 is 10.6 Å². The smallest absolute Gasteiger partial charge is 0.319 e. The molecule has 3 N–H and O–H groups in total. The molecule has 0 bridgehead atoms. The minimum Gasteiger partial charge on any atom is -0.440 e. The number of rotatable bonds is 5. The largest absolute Gasteiger partial charge is 0.440 e. The maximum atomic E-state index is 12.0. The molecule has 2 atom stereocenters. The number of nitrogens with one attached hydrogen (secondary N) is 2. The number of nitrogens with zero attached hydrogens (tertiary/aromatic N) is 1. The molecule has 0 radical (unpaired) electrons. The van der Waals surface area contributed by atoms with Gasteiger partial charge >= 0.3 is 6.03 Å². The molecule has 6 heteroatoms. The van der Waals surface area contributed by atoms with Crippen LogP contribution in [0.25, 0.3) is 11.1 Å². The Morgan fingerprint density at radius 2 is 2.04 bits per heavy atom. The molecule has 2 aromatic rings. The number of aromatic nitrogens is 1. The first-order valence-electron chi connectivity index (χ1n) is 8.29. The monoisotopic (exact) mass is 333 g/mol. The zero-order chi connectivity index (χ0) is 17.9. The van der Waals surface area contributed by atoms with Gasteiger partial charge in [0, 0.05) is 17.6 Å². The number of oxazole rings is 1. The Morgan fingerprint density at radius 1 is 1.33 bits per heavy atom. The van der Waals surface area contributed by atoms with E-state index in [2.05, 4.69) is 15.6 Å². The van der Waals surface area contributed by atoms with E-state index >= 15 is 0 Å². The van der Waals surface area contributed by atoms with Gasteiger partial charge in [-0.3, -0.25) is 0 Å². The molecule has 0 aliphatic rings. The molecular formula is C18H27N3O3. The van der Waals surface area contributed by atoms with Crippen molar-refractivity contribution in [2.24, 2.45) is 5.92 Å². The van der Waals surface area contributed by atoms with Gasteiger partial charge in [-0.25, -0.2) is 9.78 Å². The molecule has 0 saturated heterocycles. The average Bonchev–Trinajstić information content (AvgIpc) is 2.87. The molecule has 2 amide bonds. The molecule has 1 heterocycles. The van der Waals surface area contributed by atoms with Gasteiger partial charge in [0.05, 0.1) is 6.10 Å². The number of benzene rings is 1. The minimum absolute atomic E-state index is 0.163. The summed E-state index contributed by atoms with van der Waals surface area (Å²) in [5.41, 5.74) is 1.93. The molecule has 6 nitrogen and oxygen atoms in total. The Labute approximate surface area is 142 Å². The molecule has 0 aliphatic carbocycles. The minimum atomic E-state index is -0.364. The summed E-state index contributed by atoms with van der Waals surface area (Å²) < 4.78 is 5.75. The van der Waals surface area contributed by atoms with Crippen LogP contribution in [0, 0.1) is 5.92 Å². The normalized spacial score (nSPS) is 14.4. The van der Waals surface area contributed by atoms with Gasteiger partial charge in [0.15, 0.2) is 5.58 Å². The first-order valence-corrected chi connectivity index (χ1v) is 8.29. The molecular weight excluding hydrogens is 306 g/mol. The molecule has 1 aromatic heterocycles. The summed E-state index contributed by atoms with van der Waals surface area (Å²) in [7, 11) is 0. The van der Waals surface area contributed by atoms with Gasteiger partial charge in [-0.15, -0.1) is 0 Å². The standard InChI is InChI=1S/C18H27N3O3/c1-11(8-12(2)22)10-19-17(23)20-13-6-7-15-14(9-13)21-16(24-15)18(3,4)5/h6-7,9,11-12,22H,8,10H2,1-5H3,(H2,19,20,23). The lowest BCUT2D eigenvalue weighted by Gasteiger charge is -2.14. The number of hydrogen-bond acceptors (Lipinski definition) is 4. The zero-order valence-corrected chi connectivity index (χ0v) is 15.0. The fourth-order valence-electron chi connectivity index (χ4n) is 2.43. The van der Waals surface area contributed by atoms with Crippen molar-refractivity contribution in [2.45, 2.75) is 52.6 Å². The van der Waals surface area contributed by atoms with Crippen molar-refractivity contribution < 1.29 is 14.3 Å². The van der Waals surface area contributed by atoms with E-state index in [0.29, 0.717) is 30.1 Å². The lowest BCUT2D eigenvalue weighted by atomic mass is 9.97. The summed E-state index contributed by atoms with van der Waals surface area (Å²) in [5.74, 6) is 0.883. The third-order valence-electron chi connectivity index (χ3n) is 3.64. The van der Waals surface area contributed by atoms with Crippen LogP contribution in [0.3, 0.4) is 0 Å². The van der Waals surface area contributed by atoms with Crippen molar-refractivity contribution in [3.8, 4) is 0 Å². The number of amides is 2. The third-order valence-corrected chi connectivity index (χ3v) is 3.64. The fourth-order valence-corrected chi connectivity index (χ4v) is 2.43. The van der Waals surface area contributed by atoms with Crippen LogP contribution in [0.5, 0.6) is 0 Å². The van der Waals surface area contributed by atoms with Crippen LogP contribution in [0.1, 0.15) is 46.9 Å². The van der Waals surface area contributed by atoms with Gasteiger partial charge in [0.1, 0.15) is 5.52 Å². The van der Waals surface area contributed by atoms with E-state index in [-0.39, 0.29) is 23.5 Å². The highest BCUT2D eigenvalue weighted by molar-refractivity contribution is 5.91. The molecule has 2 rings (SSSR count). The van der Waals surface area contributed by atoms with Gasteiger partial charge in [-0.05, 0) is 37.5 Å². The predicted octanol–water partition coefficient (Wildman–Crippen LogP) is 3.65. The van der Waals surface area contributed by atoms with Crippen molar-refractivity contribution in [3.63, 3.8) is 0 Å². The highest BCUT2D eigenvalue weighted by Gasteiger charge is 2.21. The molecule has 0 spiro atoms. The van der Waals surface area contributed by atoms with Gasteiger partial charge in [-0.1, -0.05) is 27.7 Å². The molecule has 0 saturated carbocycles. The fraction of sp³-hybridized carbons (Fsp3) is 0.556. The Bertz CT molecular complexity index is 701. The van der Waals surface area contributed by atoms with E-state index in [9.17, 15) is 9.90 Å². The predicted molar refractivity (Wildman–Crippen MR) is 95.2 cm³/mol. The topological polar surface area (TPSA) is 87.4 Å². The molecule has 24 heavy (non-hydrogen) atoms. The van der Waals surface area contributed by atoms with E-state index in [1.807, 2.05) is 33.8 Å². The van der Waals surface area contributed by atoms with Gasteiger partial charge < -0.3 is 20.2 Å². The summed E-state index contributed by atoms with van der Waals surface area (Å²) in [5, 5.41) is 14.9. The van der Waals surface area contributed by atoms with E-state index in [1.54, 1.807) is 19.1 Å². The lowest BCUT2D eigenvalue weighted by Crippen LogP contribution is -2.33. The second kappa shape index (κ2) is 7.21. The highest BCUT2D eigenvalue weighted by atomic mass is 16.3. The summed E-state index contributed by atoms with van der Waals surface area (Å²) in [6.45, 7) is 10.4. The number of urea groups is 1. The Kier molecular flexibility index (Phi) is 5.49. The SMILES string of the molecule is CC(O)CC(C)CNC(=O)Nc1ccc2oc(C(C)(C)C)nc2c1. The highest BCUT2D eigenvalue weighted by Crippen LogP contribution is 2.27. The van der Waals surface area contributed by atoms with Gasteiger partial charge in [0.25, 0.3) is 0 Å². The number of hydrogen-bond donors (Lipinski definition) is 3. The number of carbonyl (C=O) groups excluding carboxylic acids is 1. The number of aliphatic hydroxyl groups is 1. The van der Waals surface area contributed by atoms with E-state index in [1.165, 1.54) is 0 Å². The first kappa shape index (κ1) is 18.3. The quantitative estimate of drug-likeness (QED) is 0.779. The van der Waals surface area contributed by atoms with E-state index < -0.39 is 0 Å². The van der Waals surface area contributed by atoms with Crippen LogP contribution in [0.2, 0.25) is 0 Å². The Morgan fingerprint density at radius 3 is 2.67 bits per heavy atom. The summed E-state index contributed by atoms with van der Waals surface area (Å²) in [6, 6.07) is 5.13. The Balaban J connectivity index is 1.98. The molecule has 132 valence electrons. The third kappa shape index (κ3) is 4.96. The summed E-state index contributed by atoms with van der Waals surface area (Å²) >= 11 is 0. The summed E-state index contributed by atoms with van der Waals surface area (Å²) in [4.78, 5) is 16.5. The van der Waals surface area contributed by atoms with E-state index in [4.69, 9.17) is 4.42 Å². The van der Waals surface area contributed by atoms with Crippen molar-refractivity contribution in [1.29, 1.82) is 0 Å². The number of anilines is 1. The molecule has 1 aromatic carbocycles. The van der Waals surface area contributed by atoms with Crippen molar-refractivity contribution in [1.82, 2.24) is 10.3 Å². The summed E-state index contributed by atoms with van der Waals surface area (Å²) in [6.07, 6.45) is 0.289. The van der Waals surface area contributed by atoms with Crippen LogP contribution in [-0.2, 0) is 5.41 Å². The molecule has 2 unspecified atom stereocenters. The second-order valence-corrected chi connectivity index (χ2v) is 7.48. The number of carbonyl (C=O) groups is 1. The Hall–Kier alpha value is -2.08. The van der Waals surface area contributed by atoms with Crippen molar-refractivity contribution in [2.75, 3.05) is 11.9 Å². The van der Waals surface area contributed by atoms with Crippen LogP contribution in [0.15, 0.2) is 22.6 Å².